The van der Waals surface area contributed by atoms with E-state index >= 15 is 0 Å². The maximum atomic E-state index is 14.8. The summed E-state index contributed by atoms with van der Waals surface area (Å²) in [5.41, 5.74) is 1.49. The first-order valence-electron chi connectivity index (χ1n) is 11.3. The average molecular weight is 443 g/mol. The van der Waals surface area contributed by atoms with Crippen LogP contribution in [-0.2, 0) is 9.53 Å². The summed E-state index contributed by atoms with van der Waals surface area (Å²) in [6, 6.07) is 9.49. The number of nitrogens with zero attached hydrogens (tertiary/aromatic N) is 2. The number of carbonyl (C=O) groups excluding carboxylic acids is 1. The fourth-order valence-corrected chi connectivity index (χ4v) is 3.91. The SMILES string of the molecule is CCCNc1nccc(N2CCC(Oc3ccc(C(C)C(=O)NC4COC4)cc3)C2)c1F. The summed E-state index contributed by atoms with van der Waals surface area (Å²) in [6.45, 7) is 7.12. The molecule has 2 saturated heterocycles. The van der Waals surface area contributed by atoms with Crippen LogP contribution in [0, 0.1) is 5.82 Å². The number of halogens is 1. The van der Waals surface area contributed by atoms with Crippen molar-refractivity contribution in [3.63, 3.8) is 0 Å². The molecule has 0 bridgehead atoms. The van der Waals surface area contributed by atoms with Crippen LogP contribution in [0.15, 0.2) is 36.5 Å². The van der Waals surface area contributed by atoms with Gasteiger partial charge in [-0.15, -0.1) is 0 Å². The van der Waals surface area contributed by atoms with Gasteiger partial charge in [-0.1, -0.05) is 19.1 Å². The van der Waals surface area contributed by atoms with Gasteiger partial charge in [0.05, 0.1) is 37.4 Å². The first-order valence-corrected chi connectivity index (χ1v) is 11.3. The van der Waals surface area contributed by atoms with E-state index in [0.29, 0.717) is 37.8 Å². The van der Waals surface area contributed by atoms with Gasteiger partial charge in [-0.25, -0.2) is 9.37 Å². The van der Waals surface area contributed by atoms with Crippen LogP contribution in [0.4, 0.5) is 15.9 Å². The lowest BCUT2D eigenvalue weighted by Gasteiger charge is -2.28. The molecule has 7 nitrogen and oxygen atoms in total. The van der Waals surface area contributed by atoms with Gasteiger partial charge in [0.2, 0.25) is 5.91 Å². The summed E-state index contributed by atoms with van der Waals surface area (Å²) >= 11 is 0. The van der Waals surface area contributed by atoms with Gasteiger partial charge < -0.3 is 25.0 Å². The molecule has 2 aliphatic rings. The van der Waals surface area contributed by atoms with Crippen LogP contribution in [0.3, 0.4) is 0 Å². The first-order chi connectivity index (χ1) is 15.5. The van der Waals surface area contributed by atoms with Crippen molar-refractivity contribution in [3.05, 3.63) is 47.9 Å². The molecule has 2 fully saturated rings. The Morgan fingerprint density at radius 3 is 2.78 bits per heavy atom. The summed E-state index contributed by atoms with van der Waals surface area (Å²) in [4.78, 5) is 18.5. The average Bonchev–Trinajstić information content (AvgIpc) is 3.23. The molecule has 3 heterocycles. The van der Waals surface area contributed by atoms with E-state index in [1.807, 2.05) is 43.0 Å². The number of pyridine rings is 1. The van der Waals surface area contributed by atoms with Crippen molar-refractivity contribution in [2.45, 2.75) is 44.8 Å². The third-order valence-electron chi connectivity index (χ3n) is 5.96. The molecule has 1 aromatic heterocycles. The number of hydrogen-bond donors (Lipinski definition) is 2. The lowest BCUT2D eigenvalue weighted by atomic mass is 9.99. The molecule has 0 radical (unpaired) electrons. The molecular formula is C24H31FN4O3. The fourth-order valence-electron chi connectivity index (χ4n) is 3.91. The van der Waals surface area contributed by atoms with Gasteiger partial charge >= 0.3 is 0 Å². The van der Waals surface area contributed by atoms with E-state index in [1.165, 1.54) is 0 Å². The molecule has 2 aliphatic heterocycles. The Balaban J connectivity index is 1.32. The predicted molar refractivity (Wildman–Crippen MR) is 122 cm³/mol. The van der Waals surface area contributed by atoms with Crippen LogP contribution in [0.5, 0.6) is 5.75 Å². The highest BCUT2D eigenvalue weighted by atomic mass is 19.1. The second-order valence-electron chi connectivity index (χ2n) is 8.43. The number of ether oxygens (including phenoxy) is 2. The second kappa shape index (κ2) is 10.2. The third-order valence-corrected chi connectivity index (χ3v) is 5.96. The standard InChI is InChI=1S/C24H31FN4O3/c1-3-10-26-23-22(25)21(8-11-27-23)29-12-9-20(13-29)32-19-6-4-17(5-7-19)16(2)24(30)28-18-14-31-15-18/h4-8,11,16,18,20H,3,9-10,12-15H2,1-2H3,(H,26,27)(H,28,30). The smallest absolute Gasteiger partial charge is 0.227 e. The largest absolute Gasteiger partial charge is 0.489 e. The Morgan fingerprint density at radius 1 is 1.31 bits per heavy atom. The minimum absolute atomic E-state index is 0.00516. The third kappa shape index (κ3) is 5.12. The lowest BCUT2D eigenvalue weighted by molar-refractivity contribution is -0.126. The molecule has 1 amide bonds. The van der Waals surface area contributed by atoms with E-state index in [0.717, 1.165) is 30.7 Å². The van der Waals surface area contributed by atoms with Crippen molar-refractivity contribution < 1.29 is 18.7 Å². The normalized spacial score (nSPS) is 19.3. The molecular weight excluding hydrogens is 411 g/mol. The zero-order valence-corrected chi connectivity index (χ0v) is 18.6. The summed E-state index contributed by atoms with van der Waals surface area (Å²) in [7, 11) is 0. The van der Waals surface area contributed by atoms with Gasteiger partial charge in [-0.2, -0.15) is 0 Å². The minimum atomic E-state index is -0.313. The van der Waals surface area contributed by atoms with Crippen LogP contribution >= 0.6 is 0 Å². The van der Waals surface area contributed by atoms with Crippen LogP contribution in [-0.4, -0.2) is 55.9 Å². The van der Waals surface area contributed by atoms with Crippen molar-refractivity contribution in [3.8, 4) is 5.75 Å². The molecule has 2 atom stereocenters. The predicted octanol–water partition coefficient (Wildman–Crippen LogP) is 3.32. The van der Waals surface area contributed by atoms with Gasteiger partial charge in [0.15, 0.2) is 11.6 Å². The fraction of sp³-hybridized carbons (Fsp3) is 0.500. The van der Waals surface area contributed by atoms with Crippen molar-refractivity contribution in [1.82, 2.24) is 10.3 Å². The first kappa shape index (κ1) is 22.3. The molecule has 4 rings (SSSR count). The van der Waals surface area contributed by atoms with Gasteiger partial charge in [0.1, 0.15) is 11.9 Å². The Hall–Kier alpha value is -2.87. The van der Waals surface area contributed by atoms with Crippen LogP contribution < -0.4 is 20.3 Å². The molecule has 172 valence electrons. The highest BCUT2D eigenvalue weighted by Crippen LogP contribution is 2.29. The Labute approximate surface area is 188 Å². The molecule has 2 N–H and O–H groups in total. The zero-order valence-electron chi connectivity index (χ0n) is 18.6. The summed E-state index contributed by atoms with van der Waals surface area (Å²) in [6.07, 6.45) is 3.32. The molecule has 0 aliphatic carbocycles. The molecule has 0 saturated carbocycles. The highest BCUT2D eigenvalue weighted by Gasteiger charge is 2.27. The molecule has 0 spiro atoms. The molecule has 2 unspecified atom stereocenters. The number of anilines is 2. The van der Waals surface area contributed by atoms with Gasteiger partial charge in [-0.3, -0.25) is 4.79 Å². The van der Waals surface area contributed by atoms with Crippen molar-refractivity contribution in [2.75, 3.05) is 43.1 Å². The summed E-state index contributed by atoms with van der Waals surface area (Å²) < 4.78 is 26.1. The summed E-state index contributed by atoms with van der Waals surface area (Å²) in [5, 5.41) is 6.03. The van der Waals surface area contributed by atoms with Crippen molar-refractivity contribution in [2.24, 2.45) is 0 Å². The van der Waals surface area contributed by atoms with E-state index in [2.05, 4.69) is 15.6 Å². The number of aromatic nitrogens is 1. The van der Waals surface area contributed by atoms with E-state index in [1.54, 1.807) is 12.3 Å². The van der Waals surface area contributed by atoms with Crippen LogP contribution in [0.1, 0.15) is 38.2 Å². The Morgan fingerprint density at radius 2 is 2.09 bits per heavy atom. The monoisotopic (exact) mass is 442 g/mol. The van der Waals surface area contributed by atoms with E-state index in [4.69, 9.17) is 9.47 Å². The zero-order chi connectivity index (χ0) is 22.5. The number of hydrogen-bond acceptors (Lipinski definition) is 6. The number of rotatable bonds is 9. The second-order valence-corrected chi connectivity index (χ2v) is 8.43. The van der Waals surface area contributed by atoms with Gasteiger partial charge in [-0.05, 0) is 37.1 Å². The van der Waals surface area contributed by atoms with Gasteiger partial charge in [0, 0.05) is 25.7 Å². The van der Waals surface area contributed by atoms with Crippen LogP contribution in [0.2, 0.25) is 0 Å². The quantitative estimate of drug-likeness (QED) is 0.621. The van der Waals surface area contributed by atoms with E-state index in [9.17, 15) is 9.18 Å². The van der Waals surface area contributed by atoms with E-state index in [-0.39, 0.29) is 29.8 Å². The maximum absolute atomic E-state index is 14.8. The lowest BCUT2D eigenvalue weighted by Crippen LogP contribution is -2.49. The minimum Gasteiger partial charge on any atom is -0.489 e. The number of carbonyl (C=O) groups is 1. The number of nitrogens with one attached hydrogen (secondary N) is 2. The molecule has 2 aromatic rings. The van der Waals surface area contributed by atoms with Crippen molar-refractivity contribution in [1.29, 1.82) is 0 Å². The molecule has 8 heteroatoms. The van der Waals surface area contributed by atoms with Crippen LogP contribution in [0.25, 0.3) is 0 Å². The van der Waals surface area contributed by atoms with E-state index < -0.39 is 0 Å². The molecule has 32 heavy (non-hydrogen) atoms. The highest BCUT2D eigenvalue weighted by molar-refractivity contribution is 5.83. The number of benzene rings is 1. The number of amides is 1. The van der Waals surface area contributed by atoms with Gasteiger partial charge in [0.25, 0.3) is 0 Å². The Bertz CT molecular complexity index is 920. The Kier molecular flexibility index (Phi) is 7.09. The topological polar surface area (TPSA) is 75.7 Å². The molecule has 1 aromatic carbocycles. The maximum Gasteiger partial charge on any atom is 0.227 e. The summed E-state index contributed by atoms with van der Waals surface area (Å²) in [5.74, 6) is 0.502. The van der Waals surface area contributed by atoms with Crippen molar-refractivity contribution >= 4 is 17.4 Å².